The molecule has 2 heterocycles. The van der Waals surface area contributed by atoms with Crippen molar-refractivity contribution in [1.29, 1.82) is 0 Å². The van der Waals surface area contributed by atoms with Crippen LogP contribution in [0.1, 0.15) is 32.8 Å². The SMILES string of the molecule is Cc1ccc(NC(=O)c2oc3ccccc3c2NC(=O)Cc2coc3cc(C)cc(C)c23)cc1. The van der Waals surface area contributed by atoms with Crippen LogP contribution >= 0.6 is 0 Å². The van der Waals surface area contributed by atoms with Crippen molar-refractivity contribution in [2.45, 2.75) is 27.2 Å². The summed E-state index contributed by atoms with van der Waals surface area (Å²) in [5, 5.41) is 7.35. The maximum atomic E-state index is 13.1. The topological polar surface area (TPSA) is 84.5 Å². The van der Waals surface area contributed by atoms with E-state index in [1.807, 2.05) is 69.3 Å². The van der Waals surface area contributed by atoms with E-state index in [0.717, 1.165) is 33.2 Å². The third kappa shape index (κ3) is 4.06. The number of rotatable bonds is 5. The highest BCUT2D eigenvalue weighted by Gasteiger charge is 2.23. The third-order valence-electron chi connectivity index (χ3n) is 5.82. The zero-order chi connectivity index (χ0) is 23.8. The van der Waals surface area contributed by atoms with E-state index in [2.05, 4.69) is 16.7 Å². The predicted molar refractivity (Wildman–Crippen MR) is 133 cm³/mol. The average molecular weight is 453 g/mol. The number of fused-ring (bicyclic) bond motifs is 2. The van der Waals surface area contributed by atoms with Crippen LogP contribution in [-0.4, -0.2) is 11.8 Å². The summed E-state index contributed by atoms with van der Waals surface area (Å²) in [4.78, 5) is 26.2. The molecule has 0 radical (unpaired) electrons. The minimum atomic E-state index is -0.435. The fourth-order valence-corrected chi connectivity index (χ4v) is 4.27. The van der Waals surface area contributed by atoms with Gasteiger partial charge < -0.3 is 19.5 Å². The number of hydrogen-bond acceptors (Lipinski definition) is 4. The van der Waals surface area contributed by atoms with Crippen molar-refractivity contribution >= 4 is 45.1 Å². The molecule has 2 N–H and O–H groups in total. The number of aryl methyl sites for hydroxylation is 3. The predicted octanol–water partition coefficient (Wildman–Crippen LogP) is 6.54. The molecule has 170 valence electrons. The van der Waals surface area contributed by atoms with Crippen molar-refractivity contribution in [3.8, 4) is 0 Å². The first-order valence-corrected chi connectivity index (χ1v) is 11.1. The molecule has 34 heavy (non-hydrogen) atoms. The van der Waals surface area contributed by atoms with Gasteiger partial charge in [0.1, 0.15) is 16.9 Å². The molecular weight excluding hydrogens is 428 g/mol. The molecular formula is C28H24N2O4. The Bertz CT molecular complexity index is 1540. The van der Waals surface area contributed by atoms with Crippen molar-refractivity contribution < 1.29 is 18.4 Å². The second-order valence-corrected chi connectivity index (χ2v) is 8.56. The van der Waals surface area contributed by atoms with Gasteiger partial charge in [-0.25, -0.2) is 0 Å². The van der Waals surface area contributed by atoms with Crippen molar-refractivity contribution in [2.75, 3.05) is 10.6 Å². The minimum Gasteiger partial charge on any atom is -0.464 e. The van der Waals surface area contributed by atoms with Gasteiger partial charge in [-0.05, 0) is 62.2 Å². The first kappa shape index (κ1) is 21.5. The smallest absolute Gasteiger partial charge is 0.293 e. The molecule has 0 bridgehead atoms. The third-order valence-corrected chi connectivity index (χ3v) is 5.82. The molecule has 2 amide bonds. The molecule has 0 saturated heterocycles. The number of amides is 2. The maximum Gasteiger partial charge on any atom is 0.293 e. The van der Waals surface area contributed by atoms with Gasteiger partial charge in [-0.15, -0.1) is 0 Å². The van der Waals surface area contributed by atoms with E-state index in [4.69, 9.17) is 8.83 Å². The second-order valence-electron chi connectivity index (χ2n) is 8.56. The van der Waals surface area contributed by atoms with Crippen LogP contribution < -0.4 is 10.6 Å². The molecule has 0 saturated carbocycles. The van der Waals surface area contributed by atoms with Gasteiger partial charge in [0, 0.05) is 22.0 Å². The molecule has 5 aromatic rings. The van der Waals surface area contributed by atoms with Gasteiger partial charge in [0.25, 0.3) is 5.91 Å². The molecule has 0 aliphatic carbocycles. The number of carbonyl (C=O) groups is 2. The van der Waals surface area contributed by atoms with Gasteiger partial charge in [0.05, 0.1) is 12.7 Å². The largest absolute Gasteiger partial charge is 0.464 e. The number of anilines is 2. The van der Waals surface area contributed by atoms with E-state index in [-0.39, 0.29) is 18.1 Å². The van der Waals surface area contributed by atoms with E-state index in [0.29, 0.717) is 22.3 Å². The summed E-state index contributed by atoms with van der Waals surface area (Å²) in [6.45, 7) is 5.99. The number of nitrogens with one attached hydrogen (secondary N) is 2. The molecule has 6 nitrogen and oxygen atoms in total. The van der Waals surface area contributed by atoms with Gasteiger partial charge in [0.2, 0.25) is 11.7 Å². The molecule has 5 rings (SSSR count). The number of carbonyl (C=O) groups excluding carboxylic acids is 2. The summed E-state index contributed by atoms with van der Waals surface area (Å²) in [7, 11) is 0. The zero-order valence-electron chi connectivity index (χ0n) is 19.2. The lowest BCUT2D eigenvalue weighted by molar-refractivity contribution is -0.115. The molecule has 3 aromatic carbocycles. The Morgan fingerprint density at radius 2 is 1.62 bits per heavy atom. The highest BCUT2D eigenvalue weighted by molar-refractivity contribution is 6.14. The lowest BCUT2D eigenvalue weighted by atomic mass is 10.0. The van der Waals surface area contributed by atoms with Crippen LogP contribution in [0.3, 0.4) is 0 Å². The van der Waals surface area contributed by atoms with Gasteiger partial charge in [-0.2, -0.15) is 0 Å². The van der Waals surface area contributed by atoms with Gasteiger partial charge in [-0.1, -0.05) is 35.9 Å². The van der Waals surface area contributed by atoms with Crippen LogP contribution in [0.4, 0.5) is 11.4 Å². The fraction of sp³-hybridized carbons (Fsp3) is 0.143. The Kier molecular flexibility index (Phi) is 5.42. The standard InChI is InChI=1S/C28H24N2O4/c1-16-8-10-20(11-9-16)29-28(32)27-26(21-6-4-5-7-22(21)34-27)30-24(31)14-19-15-33-23-13-17(2)12-18(3)25(19)23/h4-13,15H,14H2,1-3H3,(H,29,32)(H,30,31). The lowest BCUT2D eigenvalue weighted by Crippen LogP contribution is -2.18. The molecule has 6 heteroatoms. The monoisotopic (exact) mass is 452 g/mol. The molecule has 0 spiro atoms. The summed E-state index contributed by atoms with van der Waals surface area (Å²) in [6.07, 6.45) is 1.73. The average Bonchev–Trinajstić information content (AvgIpc) is 3.37. The highest BCUT2D eigenvalue weighted by Crippen LogP contribution is 2.32. The van der Waals surface area contributed by atoms with Gasteiger partial charge >= 0.3 is 0 Å². The second kappa shape index (κ2) is 8.56. The van der Waals surface area contributed by atoms with Crippen molar-refractivity contribution in [1.82, 2.24) is 0 Å². The summed E-state index contributed by atoms with van der Waals surface area (Å²) >= 11 is 0. The van der Waals surface area contributed by atoms with Crippen molar-refractivity contribution in [3.05, 3.63) is 94.9 Å². The fourth-order valence-electron chi connectivity index (χ4n) is 4.27. The van der Waals surface area contributed by atoms with Gasteiger partial charge in [-0.3, -0.25) is 9.59 Å². The molecule has 0 aliphatic rings. The summed E-state index contributed by atoms with van der Waals surface area (Å²) < 4.78 is 11.5. The number of hydrogen-bond donors (Lipinski definition) is 2. The van der Waals surface area contributed by atoms with Crippen LogP contribution in [0.25, 0.3) is 21.9 Å². The molecule has 0 aliphatic heterocycles. The van der Waals surface area contributed by atoms with Gasteiger partial charge in [0.15, 0.2) is 0 Å². The van der Waals surface area contributed by atoms with Crippen LogP contribution in [0.2, 0.25) is 0 Å². The summed E-state index contributed by atoms with van der Waals surface area (Å²) in [5.74, 6) is -0.645. The first-order chi connectivity index (χ1) is 16.4. The molecule has 2 aromatic heterocycles. The van der Waals surface area contributed by atoms with Crippen LogP contribution in [0.5, 0.6) is 0 Å². The number of para-hydroxylation sites is 1. The zero-order valence-corrected chi connectivity index (χ0v) is 19.2. The van der Waals surface area contributed by atoms with E-state index >= 15 is 0 Å². The Balaban J connectivity index is 1.44. The van der Waals surface area contributed by atoms with Crippen molar-refractivity contribution in [3.63, 3.8) is 0 Å². The summed E-state index contributed by atoms with van der Waals surface area (Å²) in [5.41, 5.74) is 6.31. The Morgan fingerprint density at radius 1 is 0.853 bits per heavy atom. The first-order valence-electron chi connectivity index (χ1n) is 11.1. The quantitative estimate of drug-likeness (QED) is 0.317. The Labute approximate surface area is 196 Å². The van der Waals surface area contributed by atoms with E-state index in [1.165, 1.54) is 0 Å². The summed E-state index contributed by atoms with van der Waals surface area (Å²) in [6, 6.07) is 18.7. The number of furan rings is 2. The Hall–Kier alpha value is -4.32. The van der Waals surface area contributed by atoms with Crippen LogP contribution in [0.15, 0.2) is 75.8 Å². The van der Waals surface area contributed by atoms with E-state index in [1.54, 1.807) is 12.3 Å². The normalized spacial score (nSPS) is 11.1. The van der Waals surface area contributed by atoms with Crippen molar-refractivity contribution in [2.24, 2.45) is 0 Å². The lowest BCUT2D eigenvalue weighted by Gasteiger charge is -2.08. The molecule has 0 atom stereocenters. The maximum absolute atomic E-state index is 13.1. The Morgan fingerprint density at radius 3 is 2.41 bits per heavy atom. The van der Waals surface area contributed by atoms with E-state index in [9.17, 15) is 9.59 Å². The number of benzene rings is 3. The van der Waals surface area contributed by atoms with E-state index < -0.39 is 5.91 Å². The highest BCUT2D eigenvalue weighted by atomic mass is 16.3. The van der Waals surface area contributed by atoms with Crippen LogP contribution in [-0.2, 0) is 11.2 Å². The molecule has 0 unspecified atom stereocenters. The van der Waals surface area contributed by atoms with Crippen LogP contribution in [0, 0.1) is 20.8 Å². The minimum absolute atomic E-state index is 0.0546. The molecule has 0 fully saturated rings.